The first kappa shape index (κ1) is 20.7. The van der Waals surface area contributed by atoms with E-state index in [4.69, 9.17) is 19.3 Å². The zero-order chi connectivity index (χ0) is 21.1. The van der Waals surface area contributed by atoms with E-state index in [1.165, 1.54) is 19.2 Å². The smallest absolute Gasteiger partial charge is 0.335 e. The number of carboxylic acids is 1. The summed E-state index contributed by atoms with van der Waals surface area (Å²) in [5.74, 6) is -1.63. The van der Waals surface area contributed by atoms with Crippen LogP contribution in [0.15, 0.2) is 48.5 Å². The highest BCUT2D eigenvalue weighted by Gasteiger charge is 2.48. The monoisotopic (exact) mass is 404 g/mol. The first-order chi connectivity index (χ1) is 13.8. The standard InChI is InChI=1S/C20H20O9/c1-27-11-7-8-12(14(21)10-5-3-2-4-6-10)13(9-11)28-20-17(24)15(22)16(23)18(29-20)19(25)26/h2-9,15-18,20,22-24H,1H3,(H,25,26)/t15-,16-,17+,18-,20+/m0/s1. The third-order valence-electron chi connectivity index (χ3n) is 4.53. The van der Waals surface area contributed by atoms with Crippen LogP contribution in [0.3, 0.4) is 0 Å². The fraction of sp³-hybridized carbons (Fsp3) is 0.300. The highest BCUT2D eigenvalue weighted by molar-refractivity contribution is 6.10. The Morgan fingerprint density at radius 1 is 0.966 bits per heavy atom. The van der Waals surface area contributed by atoms with E-state index in [-0.39, 0.29) is 17.1 Å². The number of aliphatic hydroxyl groups excluding tert-OH is 3. The maximum Gasteiger partial charge on any atom is 0.335 e. The largest absolute Gasteiger partial charge is 0.497 e. The lowest BCUT2D eigenvalue weighted by atomic mass is 9.98. The molecule has 1 fully saturated rings. The molecular weight excluding hydrogens is 384 g/mol. The molecule has 0 saturated carbocycles. The van der Waals surface area contributed by atoms with Crippen molar-refractivity contribution in [1.29, 1.82) is 0 Å². The Balaban J connectivity index is 1.95. The molecule has 9 heteroatoms. The van der Waals surface area contributed by atoms with Gasteiger partial charge in [0.1, 0.15) is 29.8 Å². The second-order valence-electron chi connectivity index (χ2n) is 6.41. The van der Waals surface area contributed by atoms with Crippen molar-refractivity contribution in [2.45, 2.75) is 30.7 Å². The minimum absolute atomic E-state index is 0.0463. The van der Waals surface area contributed by atoms with Crippen LogP contribution in [0.1, 0.15) is 15.9 Å². The van der Waals surface area contributed by atoms with Gasteiger partial charge in [0, 0.05) is 11.6 Å². The number of ether oxygens (including phenoxy) is 3. The molecule has 1 heterocycles. The lowest BCUT2D eigenvalue weighted by Gasteiger charge is -2.38. The van der Waals surface area contributed by atoms with Gasteiger partial charge in [-0.3, -0.25) is 4.79 Å². The lowest BCUT2D eigenvalue weighted by Crippen LogP contribution is -2.61. The van der Waals surface area contributed by atoms with E-state index in [9.17, 15) is 24.9 Å². The molecule has 0 amide bonds. The topological polar surface area (TPSA) is 143 Å². The predicted molar refractivity (Wildman–Crippen MR) is 97.8 cm³/mol. The highest BCUT2D eigenvalue weighted by Crippen LogP contribution is 2.31. The first-order valence-electron chi connectivity index (χ1n) is 8.70. The molecule has 29 heavy (non-hydrogen) atoms. The van der Waals surface area contributed by atoms with Gasteiger partial charge in [-0.05, 0) is 12.1 Å². The van der Waals surface area contributed by atoms with Crippen molar-refractivity contribution < 1.29 is 44.2 Å². The average molecular weight is 404 g/mol. The van der Waals surface area contributed by atoms with E-state index in [0.717, 1.165) is 0 Å². The van der Waals surface area contributed by atoms with E-state index in [1.807, 2.05) is 0 Å². The van der Waals surface area contributed by atoms with Crippen molar-refractivity contribution in [1.82, 2.24) is 0 Å². The molecule has 0 unspecified atom stereocenters. The Kier molecular flexibility index (Phi) is 6.14. The van der Waals surface area contributed by atoms with E-state index >= 15 is 0 Å². The van der Waals surface area contributed by atoms with Gasteiger partial charge in [0.05, 0.1) is 12.7 Å². The second-order valence-corrected chi connectivity index (χ2v) is 6.41. The number of ketones is 1. The average Bonchev–Trinajstić information content (AvgIpc) is 2.73. The van der Waals surface area contributed by atoms with Crippen molar-refractivity contribution in [3.8, 4) is 11.5 Å². The Morgan fingerprint density at radius 2 is 1.66 bits per heavy atom. The molecule has 0 radical (unpaired) electrons. The zero-order valence-corrected chi connectivity index (χ0v) is 15.3. The number of rotatable bonds is 6. The summed E-state index contributed by atoms with van der Waals surface area (Å²) in [6, 6.07) is 12.7. The normalized spacial score (nSPS) is 26.6. The molecule has 0 spiro atoms. The summed E-state index contributed by atoms with van der Waals surface area (Å²) in [6.07, 6.45) is -8.90. The van der Waals surface area contributed by atoms with Gasteiger partial charge in [0.15, 0.2) is 11.9 Å². The van der Waals surface area contributed by atoms with Gasteiger partial charge < -0.3 is 34.6 Å². The maximum absolute atomic E-state index is 12.9. The van der Waals surface area contributed by atoms with E-state index in [0.29, 0.717) is 11.3 Å². The highest BCUT2D eigenvalue weighted by atomic mass is 16.7. The summed E-state index contributed by atoms with van der Waals surface area (Å²) in [5, 5.41) is 39.1. The van der Waals surface area contributed by atoms with Crippen LogP contribution in [0.25, 0.3) is 0 Å². The van der Waals surface area contributed by atoms with Crippen LogP contribution in [0.2, 0.25) is 0 Å². The first-order valence-corrected chi connectivity index (χ1v) is 8.70. The minimum Gasteiger partial charge on any atom is -0.497 e. The fourth-order valence-electron chi connectivity index (χ4n) is 2.93. The number of carbonyl (C=O) groups is 2. The van der Waals surface area contributed by atoms with Crippen molar-refractivity contribution in [2.75, 3.05) is 7.11 Å². The van der Waals surface area contributed by atoms with Crippen LogP contribution < -0.4 is 9.47 Å². The lowest BCUT2D eigenvalue weighted by molar-refractivity contribution is -0.271. The molecule has 2 aromatic rings. The molecule has 4 N–H and O–H groups in total. The molecule has 0 bridgehead atoms. The van der Waals surface area contributed by atoms with E-state index in [2.05, 4.69) is 0 Å². The number of carbonyl (C=O) groups excluding carboxylic acids is 1. The SMILES string of the molecule is COc1ccc(C(=O)c2ccccc2)c(O[C@@H]2O[C@H](C(=O)O)[C@@H](O)[C@H](O)[C@H]2O)c1. The van der Waals surface area contributed by atoms with E-state index < -0.39 is 36.7 Å². The van der Waals surface area contributed by atoms with Crippen molar-refractivity contribution in [3.63, 3.8) is 0 Å². The summed E-state index contributed by atoms with van der Waals surface area (Å²) < 4.78 is 15.8. The summed E-state index contributed by atoms with van der Waals surface area (Å²) >= 11 is 0. The third-order valence-corrected chi connectivity index (χ3v) is 4.53. The van der Waals surface area contributed by atoms with Gasteiger partial charge in [-0.1, -0.05) is 30.3 Å². The Hall–Kier alpha value is -2.98. The van der Waals surface area contributed by atoms with Gasteiger partial charge in [-0.25, -0.2) is 4.79 Å². The van der Waals surface area contributed by atoms with Crippen LogP contribution in [0.5, 0.6) is 11.5 Å². The fourth-order valence-corrected chi connectivity index (χ4v) is 2.93. The van der Waals surface area contributed by atoms with Crippen LogP contribution in [-0.2, 0) is 9.53 Å². The van der Waals surface area contributed by atoms with Crippen molar-refractivity contribution in [2.24, 2.45) is 0 Å². The molecule has 1 aliphatic heterocycles. The van der Waals surface area contributed by atoms with Gasteiger partial charge in [0.25, 0.3) is 0 Å². The van der Waals surface area contributed by atoms with Crippen LogP contribution in [-0.4, -0.2) is 70.0 Å². The van der Waals surface area contributed by atoms with E-state index in [1.54, 1.807) is 36.4 Å². The Bertz CT molecular complexity index is 883. The predicted octanol–water partition coefficient (Wildman–Crippen LogP) is 0.197. The summed E-state index contributed by atoms with van der Waals surface area (Å²) in [4.78, 5) is 24.1. The van der Waals surface area contributed by atoms with Gasteiger partial charge in [-0.15, -0.1) is 0 Å². The molecule has 1 aliphatic rings. The van der Waals surface area contributed by atoms with Crippen LogP contribution >= 0.6 is 0 Å². The number of hydrogen-bond donors (Lipinski definition) is 4. The third kappa shape index (κ3) is 4.22. The number of carboxylic acid groups (broad SMARTS) is 1. The molecule has 3 rings (SSSR count). The number of aliphatic carboxylic acids is 1. The maximum atomic E-state index is 12.9. The molecular formula is C20H20O9. The summed E-state index contributed by atoms with van der Waals surface area (Å²) in [6.45, 7) is 0. The van der Waals surface area contributed by atoms with Crippen molar-refractivity contribution >= 4 is 11.8 Å². The van der Waals surface area contributed by atoms with Gasteiger partial charge >= 0.3 is 5.97 Å². The summed E-state index contributed by atoms with van der Waals surface area (Å²) in [5.41, 5.74) is 0.492. The minimum atomic E-state index is -1.85. The number of methoxy groups -OCH3 is 1. The number of hydrogen-bond acceptors (Lipinski definition) is 8. The van der Waals surface area contributed by atoms with Gasteiger partial charge in [-0.2, -0.15) is 0 Å². The Labute approximate surface area is 165 Å². The number of aliphatic hydroxyl groups is 3. The van der Waals surface area contributed by atoms with Gasteiger partial charge in [0.2, 0.25) is 6.29 Å². The summed E-state index contributed by atoms with van der Waals surface area (Å²) in [7, 11) is 1.41. The Morgan fingerprint density at radius 3 is 2.28 bits per heavy atom. The molecule has 2 aromatic carbocycles. The molecule has 154 valence electrons. The van der Waals surface area contributed by atoms with Crippen LogP contribution in [0, 0.1) is 0 Å². The molecule has 1 saturated heterocycles. The molecule has 9 nitrogen and oxygen atoms in total. The zero-order valence-electron chi connectivity index (χ0n) is 15.3. The second kappa shape index (κ2) is 8.58. The molecule has 5 atom stereocenters. The van der Waals surface area contributed by atoms with Crippen LogP contribution in [0.4, 0.5) is 0 Å². The van der Waals surface area contributed by atoms with Crippen molar-refractivity contribution in [3.05, 3.63) is 59.7 Å². The number of benzene rings is 2. The molecule has 0 aliphatic carbocycles. The molecule has 0 aromatic heterocycles. The quantitative estimate of drug-likeness (QED) is 0.496.